The van der Waals surface area contributed by atoms with Crippen molar-refractivity contribution < 1.29 is 9.90 Å². The van der Waals surface area contributed by atoms with E-state index >= 15 is 0 Å². The zero-order valence-corrected chi connectivity index (χ0v) is 11.8. The summed E-state index contributed by atoms with van der Waals surface area (Å²) in [6.45, 7) is 2.63. The Morgan fingerprint density at radius 2 is 2.42 bits per heavy atom. The number of pyridine rings is 1. The number of aromatic carboxylic acids is 1. The highest BCUT2D eigenvalue weighted by molar-refractivity contribution is 9.10. The maximum atomic E-state index is 11.2. The summed E-state index contributed by atoms with van der Waals surface area (Å²) in [5.74, 6) is -0.644. The molecule has 0 radical (unpaired) electrons. The number of nitrogens with one attached hydrogen (secondary N) is 1. The van der Waals surface area contributed by atoms with E-state index in [1.54, 1.807) is 18.7 Å². The molecule has 0 aliphatic carbocycles. The summed E-state index contributed by atoms with van der Waals surface area (Å²) >= 11 is 3.21. The molecular formula is C12H13BrN4O2. The lowest BCUT2D eigenvalue weighted by Crippen LogP contribution is -2.23. The normalized spacial score (nSPS) is 12.1. The molecule has 1 unspecified atom stereocenters. The molecule has 0 saturated heterocycles. The molecule has 0 aliphatic rings. The molecule has 0 aliphatic heterocycles. The number of hydrogen-bond acceptors (Lipinski definition) is 4. The monoisotopic (exact) mass is 324 g/mol. The SMILES string of the molecule is CC(Cn1ccnc1)Nc1ncc(Br)cc1C(=O)O. The van der Waals surface area contributed by atoms with Crippen LogP contribution in [0.25, 0.3) is 0 Å². The van der Waals surface area contributed by atoms with Gasteiger partial charge in [0.1, 0.15) is 11.4 Å². The number of hydrogen-bond donors (Lipinski definition) is 2. The van der Waals surface area contributed by atoms with Crippen LogP contribution < -0.4 is 5.32 Å². The number of nitrogens with zero attached hydrogens (tertiary/aromatic N) is 3. The Morgan fingerprint density at radius 1 is 1.63 bits per heavy atom. The first-order valence-corrected chi connectivity index (χ1v) is 6.46. The van der Waals surface area contributed by atoms with Crippen molar-refractivity contribution in [3.63, 3.8) is 0 Å². The molecule has 6 nitrogen and oxygen atoms in total. The van der Waals surface area contributed by atoms with Crippen LogP contribution in [0, 0.1) is 0 Å². The highest BCUT2D eigenvalue weighted by Crippen LogP contribution is 2.18. The topological polar surface area (TPSA) is 80.0 Å². The van der Waals surface area contributed by atoms with Crippen LogP contribution >= 0.6 is 15.9 Å². The quantitative estimate of drug-likeness (QED) is 0.881. The molecule has 0 spiro atoms. The number of anilines is 1. The van der Waals surface area contributed by atoms with Crippen molar-refractivity contribution in [2.24, 2.45) is 0 Å². The van der Waals surface area contributed by atoms with Gasteiger partial charge in [-0.05, 0) is 28.9 Å². The first-order chi connectivity index (χ1) is 9.06. The van der Waals surface area contributed by atoms with E-state index in [-0.39, 0.29) is 11.6 Å². The van der Waals surface area contributed by atoms with Gasteiger partial charge in [-0.1, -0.05) is 0 Å². The molecule has 0 saturated carbocycles. The summed E-state index contributed by atoms with van der Waals surface area (Å²) in [5, 5.41) is 12.2. The fourth-order valence-electron chi connectivity index (χ4n) is 1.71. The summed E-state index contributed by atoms with van der Waals surface area (Å²) in [6.07, 6.45) is 6.84. The van der Waals surface area contributed by atoms with Gasteiger partial charge in [0.15, 0.2) is 0 Å². The molecule has 0 bridgehead atoms. The summed E-state index contributed by atoms with van der Waals surface area (Å²) in [4.78, 5) is 19.2. The summed E-state index contributed by atoms with van der Waals surface area (Å²) in [5.41, 5.74) is 0.145. The second kappa shape index (κ2) is 5.83. The van der Waals surface area contributed by atoms with Crippen molar-refractivity contribution in [2.45, 2.75) is 19.5 Å². The van der Waals surface area contributed by atoms with Crippen LogP contribution in [0.3, 0.4) is 0 Å². The zero-order chi connectivity index (χ0) is 13.8. The minimum Gasteiger partial charge on any atom is -0.478 e. The van der Waals surface area contributed by atoms with Crippen molar-refractivity contribution in [1.82, 2.24) is 14.5 Å². The lowest BCUT2D eigenvalue weighted by atomic mass is 10.2. The zero-order valence-electron chi connectivity index (χ0n) is 10.2. The van der Waals surface area contributed by atoms with Gasteiger partial charge in [0.05, 0.1) is 6.33 Å². The maximum Gasteiger partial charge on any atom is 0.339 e. The summed E-state index contributed by atoms with van der Waals surface area (Å²) < 4.78 is 2.55. The molecule has 0 fully saturated rings. The van der Waals surface area contributed by atoms with Gasteiger partial charge in [0.25, 0.3) is 0 Å². The first-order valence-electron chi connectivity index (χ1n) is 5.67. The number of rotatable bonds is 5. The second-order valence-electron chi connectivity index (χ2n) is 4.16. The van der Waals surface area contributed by atoms with Gasteiger partial charge in [0, 0.05) is 35.6 Å². The summed E-state index contributed by atoms with van der Waals surface area (Å²) in [6, 6.07) is 1.56. The molecule has 2 N–H and O–H groups in total. The summed E-state index contributed by atoms with van der Waals surface area (Å²) in [7, 11) is 0. The Labute approximate surface area is 118 Å². The van der Waals surface area contributed by atoms with Crippen molar-refractivity contribution >= 4 is 27.7 Å². The first kappa shape index (κ1) is 13.5. The van der Waals surface area contributed by atoms with Crippen LogP contribution in [0.5, 0.6) is 0 Å². The third-order valence-electron chi connectivity index (χ3n) is 2.51. The standard InChI is InChI=1S/C12H13BrN4O2/c1-8(6-17-3-2-14-7-17)16-11-10(12(18)19)4-9(13)5-15-11/h2-5,7-8H,6H2,1H3,(H,15,16)(H,18,19). The van der Waals surface area contributed by atoms with Gasteiger partial charge in [0.2, 0.25) is 0 Å². The van der Waals surface area contributed by atoms with Crippen LogP contribution in [-0.4, -0.2) is 31.7 Å². The predicted molar refractivity (Wildman–Crippen MR) is 74.2 cm³/mol. The van der Waals surface area contributed by atoms with E-state index in [9.17, 15) is 4.79 Å². The molecule has 2 aromatic heterocycles. The van der Waals surface area contributed by atoms with Crippen LogP contribution in [0.4, 0.5) is 5.82 Å². The largest absolute Gasteiger partial charge is 0.478 e. The van der Waals surface area contributed by atoms with Gasteiger partial charge in [-0.15, -0.1) is 0 Å². The Kier molecular flexibility index (Phi) is 4.16. The van der Waals surface area contributed by atoms with Crippen molar-refractivity contribution in [3.8, 4) is 0 Å². The highest BCUT2D eigenvalue weighted by Gasteiger charge is 2.14. The second-order valence-corrected chi connectivity index (χ2v) is 5.08. The minimum atomic E-state index is -1.01. The fourth-order valence-corrected chi connectivity index (χ4v) is 2.04. The van der Waals surface area contributed by atoms with Crippen LogP contribution in [0.15, 0.2) is 35.5 Å². The van der Waals surface area contributed by atoms with Gasteiger partial charge >= 0.3 is 5.97 Å². The van der Waals surface area contributed by atoms with E-state index in [1.807, 2.05) is 17.7 Å². The molecule has 1 atom stereocenters. The number of carboxylic acids is 1. The number of aromatic nitrogens is 3. The molecule has 7 heteroatoms. The van der Waals surface area contributed by atoms with Gasteiger partial charge in [-0.3, -0.25) is 0 Å². The number of carbonyl (C=O) groups is 1. The molecule has 2 rings (SSSR count). The lowest BCUT2D eigenvalue weighted by molar-refractivity contribution is 0.0697. The van der Waals surface area contributed by atoms with E-state index in [1.165, 1.54) is 6.07 Å². The van der Waals surface area contributed by atoms with E-state index < -0.39 is 5.97 Å². The van der Waals surface area contributed by atoms with Gasteiger partial charge < -0.3 is 15.0 Å². The average Bonchev–Trinajstić information content (AvgIpc) is 2.83. The molecule has 2 aromatic rings. The Hall–Kier alpha value is -1.89. The Bertz CT molecular complexity index is 571. The minimum absolute atomic E-state index is 0.0287. The lowest BCUT2D eigenvalue weighted by Gasteiger charge is -2.16. The molecule has 0 amide bonds. The maximum absolute atomic E-state index is 11.2. The third kappa shape index (κ3) is 3.54. The molecule has 0 aromatic carbocycles. The van der Waals surface area contributed by atoms with Gasteiger partial charge in [-0.2, -0.15) is 0 Å². The van der Waals surface area contributed by atoms with Crippen molar-refractivity contribution in [1.29, 1.82) is 0 Å². The fraction of sp³-hybridized carbons (Fsp3) is 0.250. The van der Waals surface area contributed by atoms with E-state index in [0.717, 1.165) is 0 Å². The smallest absolute Gasteiger partial charge is 0.339 e. The Morgan fingerprint density at radius 3 is 3.05 bits per heavy atom. The molecular weight excluding hydrogens is 312 g/mol. The number of carboxylic acid groups (broad SMARTS) is 1. The van der Waals surface area contributed by atoms with E-state index in [2.05, 4.69) is 31.2 Å². The van der Waals surface area contributed by atoms with E-state index in [4.69, 9.17) is 5.11 Å². The van der Waals surface area contributed by atoms with Gasteiger partial charge in [-0.25, -0.2) is 14.8 Å². The Balaban J connectivity index is 2.12. The van der Waals surface area contributed by atoms with Crippen LogP contribution in [-0.2, 0) is 6.54 Å². The third-order valence-corrected chi connectivity index (χ3v) is 2.95. The average molecular weight is 325 g/mol. The number of halogens is 1. The molecule has 19 heavy (non-hydrogen) atoms. The van der Waals surface area contributed by atoms with Crippen molar-refractivity contribution in [2.75, 3.05) is 5.32 Å². The van der Waals surface area contributed by atoms with Crippen LogP contribution in [0.2, 0.25) is 0 Å². The predicted octanol–water partition coefficient (Wildman–Crippen LogP) is 2.24. The van der Waals surface area contributed by atoms with Crippen LogP contribution in [0.1, 0.15) is 17.3 Å². The van der Waals surface area contributed by atoms with E-state index in [0.29, 0.717) is 16.8 Å². The molecule has 100 valence electrons. The number of imidazole rings is 1. The molecule has 2 heterocycles. The van der Waals surface area contributed by atoms with Crippen molar-refractivity contribution in [3.05, 3.63) is 41.0 Å². The highest BCUT2D eigenvalue weighted by atomic mass is 79.9.